The molecule has 0 amide bonds. The van der Waals surface area contributed by atoms with E-state index in [9.17, 15) is 17.6 Å². The second kappa shape index (κ2) is 6.19. The number of methoxy groups -OCH3 is 1. The van der Waals surface area contributed by atoms with Crippen LogP contribution in [0.15, 0.2) is 23.1 Å². The van der Waals surface area contributed by atoms with Crippen molar-refractivity contribution in [1.82, 2.24) is 4.31 Å². The van der Waals surface area contributed by atoms with Gasteiger partial charge in [-0.3, -0.25) is 4.79 Å². The van der Waals surface area contributed by atoms with Gasteiger partial charge in [0, 0.05) is 6.04 Å². The number of rotatable bonds is 5. The van der Waals surface area contributed by atoms with Gasteiger partial charge in [-0.25, -0.2) is 12.8 Å². The van der Waals surface area contributed by atoms with Gasteiger partial charge in [0.2, 0.25) is 10.0 Å². The number of hydrogen-bond acceptors (Lipinski definition) is 5. The van der Waals surface area contributed by atoms with Crippen LogP contribution < -0.4 is 5.73 Å². The average Bonchev–Trinajstić information content (AvgIpc) is 2.34. The van der Waals surface area contributed by atoms with Crippen molar-refractivity contribution in [2.24, 2.45) is 0 Å². The number of nitrogens with zero attached hydrogens (tertiary/aromatic N) is 1. The minimum Gasteiger partial charge on any atom is -0.468 e. The molecule has 0 fully saturated rings. The van der Waals surface area contributed by atoms with Gasteiger partial charge < -0.3 is 10.5 Å². The number of sulfonamides is 1. The van der Waals surface area contributed by atoms with Gasteiger partial charge in [0.05, 0.1) is 12.8 Å². The third-order valence-electron chi connectivity index (χ3n) is 2.65. The zero-order valence-electron chi connectivity index (χ0n) is 11.5. The molecule has 0 atom stereocenters. The molecule has 1 aromatic rings. The molecule has 0 aliphatic heterocycles. The predicted octanol–water partition coefficient (Wildman–Crippen LogP) is 0.980. The van der Waals surface area contributed by atoms with E-state index in [0.717, 1.165) is 22.5 Å². The minimum absolute atomic E-state index is 0.208. The fourth-order valence-electron chi connectivity index (χ4n) is 1.62. The summed E-state index contributed by atoms with van der Waals surface area (Å²) < 4.78 is 43.4. The Hall–Kier alpha value is -1.67. The summed E-state index contributed by atoms with van der Waals surface area (Å²) in [5, 5.41) is 0. The minimum atomic E-state index is -4.01. The van der Waals surface area contributed by atoms with Gasteiger partial charge >= 0.3 is 5.97 Å². The highest BCUT2D eigenvalue weighted by Gasteiger charge is 2.31. The number of ether oxygens (including phenoxy) is 1. The maximum absolute atomic E-state index is 13.0. The molecule has 0 aliphatic rings. The third kappa shape index (κ3) is 3.45. The molecular weight excluding hydrogens is 287 g/mol. The number of nitrogen functional groups attached to an aromatic ring is 1. The van der Waals surface area contributed by atoms with Gasteiger partial charge in [0.15, 0.2) is 0 Å². The summed E-state index contributed by atoms with van der Waals surface area (Å²) in [6, 6.07) is 2.51. The maximum Gasteiger partial charge on any atom is 0.321 e. The third-order valence-corrected chi connectivity index (χ3v) is 4.74. The van der Waals surface area contributed by atoms with Crippen LogP contribution >= 0.6 is 0 Å². The van der Waals surface area contributed by atoms with Crippen LogP contribution in [0.1, 0.15) is 13.8 Å². The predicted molar refractivity (Wildman–Crippen MR) is 71.9 cm³/mol. The summed E-state index contributed by atoms with van der Waals surface area (Å²) in [7, 11) is -2.85. The Labute approximate surface area is 117 Å². The smallest absolute Gasteiger partial charge is 0.321 e. The molecule has 0 spiro atoms. The summed E-state index contributed by atoms with van der Waals surface area (Å²) in [4.78, 5) is 11.1. The largest absolute Gasteiger partial charge is 0.468 e. The standard InChI is InChI=1S/C12H17FN2O4S/c1-8(2)15(7-12(16)19-3)20(17,18)11-5-4-9(13)6-10(11)14/h4-6,8H,7,14H2,1-3H3. The maximum atomic E-state index is 13.0. The Morgan fingerprint density at radius 2 is 2.05 bits per heavy atom. The Balaban J connectivity index is 3.26. The lowest BCUT2D eigenvalue weighted by Gasteiger charge is -2.25. The molecule has 6 nitrogen and oxygen atoms in total. The van der Waals surface area contributed by atoms with Crippen LogP contribution in [0, 0.1) is 5.82 Å². The SMILES string of the molecule is COC(=O)CN(C(C)C)S(=O)(=O)c1ccc(F)cc1N. The Kier molecular flexibility index (Phi) is 5.07. The lowest BCUT2D eigenvalue weighted by Crippen LogP contribution is -2.41. The highest BCUT2D eigenvalue weighted by atomic mass is 32.2. The number of nitrogens with two attached hydrogens (primary N) is 1. The van der Waals surface area contributed by atoms with E-state index in [0.29, 0.717) is 0 Å². The normalized spacial score (nSPS) is 11.9. The van der Waals surface area contributed by atoms with Crippen molar-refractivity contribution in [3.05, 3.63) is 24.0 Å². The highest BCUT2D eigenvalue weighted by molar-refractivity contribution is 7.89. The highest BCUT2D eigenvalue weighted by Crippen LogP contribution is 2.24. The molecule has 8 heteroatoms. The van der Waals surface area contributed by atoms with Crippen molar-refractivity contribution in [2.45, 2.75) is 24.8 Å². The summed E-state index contributed by atoms with van der Waals surface area (Å²) in [6.07, 6.45) is 0. The van der Waals surface area contributed by atoms with Crippen LogP contribution in [0.25, 0.3) is 0 Å². The first-order chi connectivity index (χ1) is 9.20. The van der Waals surface area contributed by atoms with Crippen LogP contribution in [-0.4, -0.2) is 38.4 Å². The zero-order valence-corrected chi connectivity index (χ0v) is 12.3. The van der Waals surface area contributed by atoms with E-state index < -0.39 is 34.4 Å². The molecule has 0 bridgehead atoms. The molecule has 0 saturated carbocycles. The summed E-state index contributed by atoms with van der Waals surface area (Å²) in [5.74, 6) is -1.33. The number of esters is 1. The Bertz CT molecular complexity index is 601. The summed E-state index contributed by atoms with van der Waals surface area (Å²) >= 11 is 0. The van der Waals surface area contributed by atoms with Gasteiger partial charge in [-0.1, -0.05) is 0 Å². The molecule has 0 saturated heterocycles. The zero-order chi connectivity index (χ0) is 15.5. The molecule has 1 rings (SSSR count). The Morgan fingerprint density at radius 3 is 2.50 bits per heavy atom. The molecule has 2 N–H and O–H groups in total. The van der Waals surface area contributed by atoms with Crippen LogP contribution in [0.3, 0.4) is 0 Å². The number of hydrogen-bond donors (Lipinski definition) is 1. The average molecular weight is 304 g/mol. The van der Waals surface area contributed by atoms with E-state index in [2.05, 4.69) is 4.74 Å². The van der Waals surface area contributed by atoms with Gasteiger partial charge in [-0.15, -0.1) is 0 Å². The molecule has 1 aromatic carbocycles. The van der Waals surface area contributed by atoms with Gasteiger partial charge in [0.25, 0.3) is 0 Å². The first-order valence-electron chi connectivity index (χ1n) is 5.83. The van der Waals surface area contributed by atoms with Gasteiger partial charge in [-0.05, 0) is 32.0 Å². The quantitative estimate of drug-likeness (QED) is 0.647. The molecular formula is C12H17FN2O4S. The van der Waals surface area contributed by atoms with E-state index in [4.69, 9.17) is 5.73 Å². The van der Waals surface area contributed by atoms with Crippen molar-refractivity contribution < 1.29 is 22.3 Å². The van der Waals surface area contributed by atoms with Crippen LogP contribution in [-0.2, 0) is 19.6 Å². The lowest BCUT2D eigenvalue weighted by molar-refractivity contribution is -0.141. The topological polar surface area (TPSA) is 89.7 Å². The molecule has 0 radical (unpaired) electrons. The van der Waals surface area contributed by atoms with E-state index in [-0.39, 0.29) is 10.6 Å². The summed E-state index contributed by atoms with van der Waals surface area (Å²) in [5.41, 5.74) is 5.34. The summed E-state index contributed by atoms with van der Waals surface area (Å²) in [6.45, 7) is 2.79. The van der Waals surface area contributed by atoms with Crippen molar-refractivity contribution in [3.8, 4) is 0 Å². The van der Waals surface area contributed by atoms with Crippen LogP contribution in [0.4, 0.5) is 10.1 Å². The molecule has 0 aliphatic carbocycles. The fraction of sp³-hybridized carbons (Fsp3) is 0.417. The van der Waals surface area contributed by atoms with Crippen LogP contribution in [0.5, 0.6) is 0 Å². The first-order valence-corrected chi connectivity index (χ1v) is 7.27. The first kappa shape index (κ1) is 16.4. The number of carbonyl (C=O) groups is 1. The second-order valence-corrected chi connectivity index (χ2v) is 6.26. The van der Waals surface area contributed by atoms with Crippen molar-refractivity contribution in [3.63, 3.8) is 0 Å². The number of benzene rings is 1. The van der Waals surface area contributed by atoms with Crippen LogP contribution in [0.2, 0.25) is 0 Å². The molecule has 0 unspecified atom stereocenters. The van der Waals surface area contributed by atoms with E-state index in [1.165, 1.54) is 7.11 Å². The number of carbonyl (C=O) groups excluding carboxylic acids is 1. The molecule has 0 heterocycles. The lowest BCUT2D eigenvalue weighted by atomic mass is 10.3. The monoisotopic (exact) mass is 304 g/mol. The second-order valence-electron chi connectivity index (χ2n) is 4.40. The molecule has 112 valence electrons. The van der Waals surface area contributed by atoms with E-state index in [1.54, 1.807) is 13.8 Å². The molecule has 0 aromatic heterocycles. The number of halogens is 1. The van der Waals surface area contributed by atoms with Gasteiger partial charge in [0.1, 0.15) is 17.3 Å². The van der Waals surface area contributed by atoms with E-state index >= 15 is 0 Å². The Morgan fingerprint density at radius 1 is 1.45 bits per heavy atom. The van der Waals surface area contributed by atoms with Crippen molar-refractivity contribution in [2.75, 3.05) is 19.4 Å². The van der Waals surface area contributed by atoms with Gasteiger partial charge in [-0.2, -0.15) is 4.31 Å². The van der Waals surface area contributed by atoms with Crippen molar-refractivity contribution in [1.29, 1.82) is 0 Å². The molecule has 20 heavy (non-hydrogen) atoms. The fourth-order valence-corrected chi connectivity index (χ4v) is 3.30. The van der Waals surface area contributed by atoms with Crippen molar-refractivity contribution >= 4 is 21.7 Å². The van der Waals surface area contributed by atoms with E-state index in [1.807, 2.05) is 0 Å². The number of anilines is 1.